The number of rotatable bonds is 4. The summed E-state index contributed by atoms with van der Waals surface area (Å²) >= 11 is 0. The Hall–Kier alpha value is -2.04. The molecule has 0 aliphatic heterocycles. The van der Waals surface area contributed by atoms with Crippen LogP contribution in [-0.4, -0.2) is 26.4 Å². The monoisotopic (exact) mass is 207 g/mol. The number of nitrogens with zero attached hydrogens (tertiary/aromatic N) is 1. The van der Waals surface area contributed by atoms with Crippen molar-refractivity contribution < 1.29 is 19.1 Å². The Morgan fingerprint density at radius 3 is 2.40 bits per heavy atom. The zero-order valence-electron chi connectivity index (χ0n) is 8.31. The second-order valence-corrected chi connectivity index (χ2v) is 2.69. The largest absolute Gasteiger partial charge is 0.493 e. The number of carbonyl (C=O) groups excluding carboxylic acids is 2. The van der Waals surface area contributed by atoms with Gasteiger partial charge in [0.2, 0.25) is 0 Å². The van der Waals surface area contributed by atoms with Crippen LogP contribution in [0.5, 0.6) is 11.5 Å². The number of ether oxygens (including phenoxy) is 2. The SMILES string of the molecule is COc1ccc(C([N])=O)c(C=O)c1OC. The average molecular weight is 207 g/mol. The van der Waals surface area contributed by atoms with Gasteiger partial charge in [-0.25, -0.2) is 0 Å². The van der Waals surface area contributed by atoms with Gasteiger partial charge in [-0.2, -0.15) is 0 Å². The molecular formula is C10H9NO4. The molecular weight excluding hydrogens is 198 g/mol. The molecule has 0 unspecified atom stereocenters. The van der Waals surface area contributed by atoms with E-state index in [9.17, 15) is 9.59 Å². The maximum atomic E-state index is 10.8. The summed E-state index contributed by atoms with van der Waals surface area (Å²) in [6.45, 7) is 0. The predicted molar refractivity (Wildman–Crippen MR) is 51.4 cm³/mol. The van der Waals surface area contributed by atoms with Gasteiger partial charge in [0.15, 0.2) is 17.8 Å². The minimum absolute atomic E-state index is 0.0237. The normalized spacial score (nSPS) is 9.47. The summed E-state index contributed by atoms with van der Waals surface area (Å²) in [7, 11) is 2.75. The summed E-state index contributed by atoms with van der Waals surface area (Å²) in [5, 5.41) is 0. The van der Waals surface area contributed by atoms with E-state index in [-0.39, 0.29) is 16.9 Å². The molecule has 1 aromatic carbocycles. The molecule has 5 heteroatoms. The van der Waals surface area contributed by atoms with Crippen molar-refractivity contribution in [3.05, 3.63) is 23.3 Å². The van der Waals surface area contributed by atoms with Crippen LogP contribution in [0.3, 0.4) is 0 Å². The van der Waals surface area contributed by atoms with Crippen LogP contribution in [0.1, 0.15) is 20.7 Å². The molecule has 1 rings (SSSR count). The van der Waals surface area contributed by atoms with E-state index in [0.29, 0.717) is 12.0 Å². The van der Waals surface area contributed by atoms with Crippen LogP contribution in [0.4, 0.5) is 0 Å². The second kappa shape index (κ2) is 4.45. The second-order valence-electron chi connectivity index (χ2n) is 2.69. The summed E-state index contributed by atoms with van der Waals surface area (Å²) in [4.78, 5) is 21.6. The van der Waals surface area contributed by atoms with Crippen molar-refractivity contribution in [2.45, 2.75) is 0 Å². The number of benzene rings is 1. The molecule has 0 N–H and O–H groups in total. The third-order valence-electron chi connectivity index (χ3n) is 1.93. The van der Waals surface area contributed by atoms with Crippen LogP contribution in [0.2, 0.25) is 0 Å². The number of carbonyl (C=O) groups is 2. The van der Waals surface area contributed by atoms with Crippen LogP contribution in [0.25, 0.3) is 0 Å². The van der Waals surface area contributed by atoms with Crippen LogP contribution in [0, 0.1) is 0 Å². The van der Waals surface area contributed by atoms with Crippen molar-refractivity contribution in [1.82, 2.24) is 5.73 Å². The molecule has 0 aromatic heterocycles. The highest BCUT2D eigenvalue weighted by Gasteiger charge is 2.18. The molecule has 15 heavy (non-hydrogen) atoms. The van der Waals surface area contributed by atoms with E-state index in [1.165, 1.54) is 26.4 Å². The molecule has 78 valence electrons. The number of amides is 1. The molecule has 5 nitrogen and oxygen atoms in total. The topological polar surface area (TPSA) is 74.9 Å². The van der Waals surface area contributed by atoms with Crippen molar-refractivity contribution in [1.29, 1.82) is 0 Å². The fourth-order valence-corrected chi connectivity index (χ4v) is 1.25. The maximum Gasteiger partial charge on any atom is 0.296 e. The lowest BCUT2D eigenvalue weighted by molar-refractivity contribution is 0.0984. The van der Waals surface area contributed by atoms with Gasteiger partial charge in [0.1, 0.15) is 0 Å². The predicted octanol–water partition coefficient (Wildman–Crippen LogP) is 0.725. The van der Waals surface area contributed by atoms with Crippen molar-refractivity contribution in [3.63, 3.8) is 0 Å². The Morgan fingerprint density at radius 1 is 1.33 bits per heavy atom. The molecule has 0 saturated heterocycles. The molecule has 1 amide bonds. The van der Waals surface area contributed by atoms with Gasteiger partial charge in [-0.1, -0.05) is 0 Å². The van der Waals surface area contributed by atoms with Crippen molar-refractivity contribution in [2.24, 2.45) is 0 Å². The molecule has 0 aliphatic carbocycles. The van der Waals surface area contributed by atoms with E-state index in [1.54, 1.807) is 0 Å². The molecule has 2 radical (unpaired) electrons. The number of hydrogen-bond acceptors (Lipinski definition) is 4. The highest BCUT2D eigenvalue weighted by atomic mass is 16.5. The Bertz CT molecular complexity index is 401. The standard InChI is InChI=1S/C10H9NO4/c1-14-8-4-3-6(10(11)13)7(5-12)9(8)15-2/h3-5H,1-2H3. The lowest BCUT2D eigenvalue weighted by atomic mass is 10.1. The maximum absolute atomic E-state index is 10.8. The van der Waals surface area contributed by atoms with Crippen molar-refractivity contribution in [2.75, 3.05) is 14.2 Å². The van der Waals surface area contributed by atoms with Gasteiger partial charge in [0.25, 0.3) is 5.91 Å². The Kier molecular flexibility index (Phi) is 3.28. The van der Waals surface area contributed by atoms with E-state index in [2.05, 4.69) is 0 Å². The zero-order valence-corrected chi connectivity index (χ0v) is 8.31. The van der Waals surface area contributed by atoms with E-state index < -0.39 is 5.91 Å². The lowest BCUT2D eigenvalue weighted by Crippen LogP contribution is -2.06. The first-order valence-electron chi connectivity index (χ1n) is 4.09. The first-order chi connectivity index (χ1) is 7.15. The summed E-state index contributed by atoms with van der Waals surface area (Å²) in [5.41, 5.74) is 8.69. The lowest BCUT2D eigenvalue weighted by Gasteiger charge is -2.10. The third-order valence-corrected chi connectivity index (χ3v) is 1.93. The first-order valence-corrected chi connectivity index (χ1v) is 4.09. The highest BCUT2D eigenvalue weighted by Crippen LogP contribution is 2.32. The Labute approximate surface area is 86.8 Å². The molecule has 0 heterocycles. The zero-order chi connectivity index (χ0) is 11.4. The summed E-state index contributed by atoms with van der Waals surface area (Å²) in [5.74, 6) is -0.727. The third kappa shape index (κ3) is 1.90. The Balaban J connectivity index is 3.47. The van der Waals surface area contributed by atoms with Crippen LogP contribution in [0.15, 0.2) is 12.1 Å². The van der Waals surface area contributed by atoms with Crippen LogP contribution < -0.4 is 15.2 Å². The van der Waals surface area contributed by atoms with Crippen molar-refractivity contribution >= 4 is 12.2 Å². The van der Waals surface area contributed by atoms with Crippen molar-refractivity contribution in [3.8, 4) is 11.5 Å². The molecule has 0 saturated carbocycles. The van der Waals surface area contributed by atoms with Gasteiger partial charge in [0, 0.05) is 0 Å². The molecule has 0 aliphatic rings. The summed E-state index contributed by atoms with van der Waals surface area (Å²) in [6.07, 6.45) is 0.435. The average Bonchev–Trinajstić information content (AvgIpc) is 2.26. The smallest absolute Gasteiger partial charge is 0.296 e. The number of aldehydes is 1. The molecule has 0 fully saturated rings. The van der Waals surface area contributed by atoms with E-state index >= 15 is 0 Å². The fourth-order valence-electron chi connectivity index (χ4n) is 1.25. The molecule has 0 atom stereocenters. The summed E-state index contributed by atoms with van der Waals surface area (Å²) < 4.78 is 9.87. The molecule has 0 spiro atoms. The number of hydrogen-bond donors (Lipinski definition) is 0. The van der Waals surface area contributed by atoms with Crippen LogP contribution in [-0.2, 0) is 0 Å². The van der Waals surface area contributed by atoms with Gasteiger partial charge in [0.05, 0.1) is 25.3 Å². The first kappa shape index (κ1) is 11.0. The summed E-state index contributed by atoms with van der Waals surface area (Å²) in [6, 6.07) is 2.74. The molecule has 1 aromatic rings. The molecule has 0 bridgehead atoms. The van der Waals surface area contributed by atoms with Crippen LogP contribution >= 0.6 is 0 Å². The fraction of sp³-hybridized carbons (Fsp3) is 0.200. The van der Waals surface area contributed by atoms with E-state index in [0.717, 1.165) is 0 Å². The van der Waals surface area contributed by atoms with Gasteiger partial charge >= 0.3 is 0 Å². The number of methoxy groups -OCH3 is 2. The Morgan fingerprint density at radius 2 is 2.00 bits per heavy atom. The van der Waals surface area contributed by atoms with Gasteiger partial charge in [-0.05, 0) is 12.1 Å². The van der Waals surface area contributed by atoms with Gasteiger partial charge in [-0.3, -0.25) is 9.59 Å². The van der Waals surface area contributed by atoms with Gasteiger partial charge in [-0.15, -0.1) is 5.73 Å². The highest BCUT2D eigenvalue weighted by molar-refractivity contribution is 6.02. The minimum atomic E-state index is -1.18. The van der Waals surface area contributed by atoms with Gasteiger partial charge < -0.3 is 9.47 Å². The van der Waals surface area contributed by atoms with E-state index in [4.69, 9.17) is 15.2 Å². The van der Waals surface area contributed by atoms with E-state index in [1.807, 2.05) is 0 Å². The minimum Gasteiger partial charge on any atom is -0.493 e. The quantitative estimate of drug-likeness (QED) is 0.682.